The highest BCUT2D eigenvalue weighted by Crippen LogP contribution is 2.37. The highest BCUT2D eigenvalue weighted by Gasteiger charge is 2.38. The lowest BCUT2D eigenvalue weighted by Crippen LogP contribution is -2.47. The Kier molecular flexibility index (Phi) is 4.98. The lowest BCUT2D eigenvalue weighted by atomic mass is 10.0. The highest BCUT2D eigenvalue weighted by atomic mass is 19.4. The summed E-state index contributed by atoms with van der Waals surface area (Å²) in [4.78, 5) is 16.0. The number of hydrogen-bond acceptors (Lipinski definition) is 6. The third kappa shape index (κ3) is 4.37. The van der Waals surface area contributed by atoms with E-state index in [4.69, 9.17) is 0 Å². The second-order valence-corrected chi connectivity index (χ2v) is 7.13. The fraction of sp³-hybridized carbons (Fsp3) is 0.647. The fourth-order valence-corrected chi connectivity index (χ4v) is 3.68. The van der Waals surface area contributed by atoms with Crippen molar-refractivity contribution in [3.05, 3.63) is 30.7 Å². The van der Waals surface area contributed by atoms with Gasteiger partial charge in [0.2, 0.25) is 0 Å². The molecule has 1 aliphatic carbocycles. The molecule has 0 atom stereocenters. The van der Waals surface area contributed by atoms with Gasteiger partial charge in [0.1, 0.15) is 30.5 Å². The molecule has 146 valence electrons. The molecule has 2 aliphatic rings. The van der Waals surface area contributed by atoms with E-state index >= 15 is 0 Å². The van der Waals surface area contributed by atoms with Crippen LogP contribution in [0.4, 0.5) is 19.0 Å². The summed E-state index contributed by atoms with van der Waals surface area (Å²) in [5.74, 6) is 0.404. The molecule has 3 heterocycles. The van der Waals surface area contributed by atoms with E-state index in [-0.39, 0.29) is 6.04 Å². The first-order valence-electron chi connectivity index (χ1n) is 9.23. The molecule has 2 fully saturated rings. The van der Waals surface area contributed by atoms with Gasteiger partial charge in [-0.15, -0.1) is 0 Å². The smallest absolute Gasteiger partial charge is 0.350 e. The summed E-state index contributed by atoms with van der Waals surface area (Å²) < 4.78 is 40.9. The molecule has 2 aromatic heterocycles. The van der Waals surface area contributed by atoms with Crippen molar-refractivity contribution >= 4 is 5.82 Å². The molecule has 0 aromatic carbocycles. The number of aromatic nitrogens is 5. The molecule has 2 aromatic rings. The molecule has 0 amide bonds. The molecule has 1 saturated heterocycles. The molecule has 0 N–H and O–H groups in total. The van der Waals surface area contributed by atoms with Gasteiger partial charge in [-0.3, -0.25) is 4.68 Å². The number of likely N-dealkylation sites (tertiary alicyclic amines) is 1. The summed E-state index contributed by atoms with van der Waals surface area (Å²) in [6.45, 7) is 3.52. The normalized spacial score (nSPS) is 19.4. The Bertz CT molecular complexity index is 737. The van der Waals surface area contributed by atoms with Crippen molar-refractivity contribution < 1.29 is 13.2 Å². The van der Waals surface area contributed by atoms with Crippen molar-refractivity contribution in [2.45, 2.75) is 50.5 Å². The van der Waals surface area contributed by atoms with Crippen LogP contribution in [-0.2, 0) is 12.7 Å². The predicted octanol–water partition coefficient (Wildman–Crippen LogP) is 2.22. The van der Waals surface area contributed by atoms with E-state index < -0.39 is 11.9 Å². The van der Waals surface area contributed by atoms with Gasteiger partial charge in [-0.25, -0.2) is 15.0 Å². The van der Waals surface area contributed by atoms with Crippen molar-refractivity contribution in [1.82, 2.24) is 29.6 Å². The van der Waals surface area contributed by atoms with Crippen LogP contribution in [0.1, 0.15) is 31.4 Å². The first-order valence-corrected chi connectivity index (χ1v) is 9.23. The van der Waals surface area contributed by atoms with Gasteiger partial charge >= 0.3 is 6.18 Å². The number of piperidine rings is 1. The van der Waals surface area contributed by atoms with Gasteiger partial charge in [0.05, 0.1) is 6.54 Å². The fourth-order valence-electron chi connectivity index (χ4n) is 3.68. The number of alkyl halides is 3. The van der Waals surface area contributed by atoms with E-state index in [1.807, 2.05) is 4.68 Å². The molecule has 0 bridgehead atoms. The largest absolute Gasteiger partial charge is 0.433 e. The van der Waals surface area contributed by atoms with Gasteiger partial charge in [0.25, 0.3) is 0 Å². The second kappa shape index (κ2) is 7.41. The lowest BCUT2D eigenvalue weighted by Gasteiger charge is -2.39. The van der Waals surface area contributed by atoms with Crippen molar-refractivity contribution in [2.24, 2.45) is 0 Å². The average molecular weight is 381 g/mol. The lowest BCUT2D eigenvalue weighted by molar-refractivity contribution is -0.141. The zero-order valence-electron chi connectivity index (χ0n) is 14.9. The summed E-state index contributed by atoms with van der Waals surface area (Å²) in [6.07, 6.45) is 3.66. The van der Waals surface area contributed by atoms with E-state index in [2.05, 4.69) is 29.9 Å². The summed E-state index contributed by atoms with van der Waals surface area (Å²) in [6, 6.07) is 1.61. The van der Waals surface area contributed by atoms with Crippen LogP contribution in [0.2, 0.25) is 0 Å². The van der Waals surface area contributed by atoms with Gasteiger partial charge < -0.3 is 9.80 Å². The van der Waals surface area contributed by atoms with Crippen LogP contribution >= 0.6 is 0 Å². The van der Waals surface area contributed by atoms with E-state index in [0.717, 1.165) is 64.3 Å². The molecule has 0 radical (unpaired) electrons. The van der Waals surface area contributed by atoms with Crippen molar-refractivity contribution in [3.63, 3.8) is 0 Å². The maximum Gasteiger partial charge on any atom is 0.433 e. The third-order valence-electron chi connectivity index (χ3n) is 5.21. The predicted molar refractivity (Wildman–Crippen MR) is 92.0 cm³/mol. The van der Waals surface area contributed by atoms with E-state index in [9.17, 15) is 13.2 Å². The topological polar surface area (TPSA) is 63.0 Å². The molecule has 0 unspecified atom stereocenters. The van der Waals surface area contributed by atoms with Crippen molar-refractivity contribution in [2.75, 3.05) is 24.5 Å². The van der Waals surface area contributed by atoms with Crippen molar-refractivity contribution in [3.8, 4) is 0 Å². The minimum absolute atomic E-state index is 0.219. The number of hydrogen-bond donors (Lipinski definition) is 0. The number of anilines is 1. The Labute approximate surface area is 155 Å². The minimum atomic E-state index is -4.45. The maximum atomic E-state index is 13.0. The maximum absolute atomic E-state index is 13.0. The summed E-state index contributed by atoms with van der Waals surface area (Å²) in [5, 5.41) is 4.11. The number of halogens is 3. The van der Waals surface area contributed by atoms with Gasteiger partial charge in [-0.2, -0.15) is 18.3 Å². The minimum Gasteiger partial charge on any atom is -0.350 e. The SMILES string of the molecule is FC(F)(F)c1cc(N(C2CC2)C2CCN(CCn3cncn3)CC2)ncn1. The Morgan fingerprint density at radius 2 is 1.74 bits per heavy atom. The monoisotopic (exact) mass is 381 g/mol. The molecule has 4 rings (SSSR count). The number of nitrogens with zero attached hydrogens (tertiary/aromatic N) is 7. The molecule has 1 saturated carbocycles. The van der Waals surface area contributed by atoms with Crippen LogP contribution < -0.4 is 4.90 Å². The number of rotatable bonds is 6. The van der Waals surface area contributed by atoms with Crippen LogP contribution in [0.5, 0.6) is 0 Å². The van der Waals surface area contributed by atoms with Crippen molar-refractivity contribution in [1.29, 1.82) is 0 Å². The summed E-state index contributed by atoms with van der Waals surface area (Å²) in [7, 11) is 0. The van der Waals surface area contributed by atoms with Gasteiger partial charge in [0, 0.05) is 37.8 Å². The molecular formula is C17H22F3N7. The van der Waals surface area contributed by atoms with Crippen LogP contribution in [0, 0.1) is 0 Å². The molecule has 7 nitrogen and oxygen atoms in total. The Balaban J connectivity index is 1.39. The van der Waals surface area contributed by atoms with Gasteiger partial charge in [-0.05, 0) is 25.7 Å². The quantitative estimate of drug-likeness (QED) is 0.765. The van der Waals surface area contributed by atoms with Gasteiger partial charge in [-0.1, -0.05) is 0 Å². The van der Waals surface area contributed by atoms with E-state index in [0.29, 0.717) is 11.9 Å². The van der Waals surface area contributed by atoms with Crippen LogP contribution in [0.15, 0.2) is 25.0 Å². The molecule has 0 spiro atoms. The Morgan fingerprint density at radius 1 is 1.00 bits per heavy atom. The molecule has 10 heteroatoms. The standard InChI is InChI=1S/C17H22F3N7/c18-17(19,20)15-9-16(23-11-22-15)27(13-1-2-13)14-3-5-25(6-4-14)7-8-26-12-21-10-24-26/h9-14H,1-8H2. The highest BCUT2D eigenvalue weighted by molar-refractivity contribution is 5.44. The summed E-state index contributed by atoms with van der Waals surface area (Å²) >= 11 is 0. The van der Waals surface area contributed by atoms with E-state index in [1.165, 1.54) is 6.33 Å². The zero-order chi connectivity index (χ0) is 18.9. The van der Waals surface area contributed by atoms with Crippen LogP contribution in [-0.4, -0.2) is 61.4 Å². The van der Waals surface area contributed by atoms with Crippen LogP contribution in [0.3, 0.4) is 0 Å². The van der Waals surface area contributed by atoms with Crippen LogP contribution in [0.25, 0.3) is 0 Å². The third-order valence-corrected chi connectivity index (χ3v) is 5.21. The Hall–Kier alpha value is -2.23. The molecule has 1 aliphatic heterocycles. The first-order chi connectivity index (χ1) is 13.0. The average Bonchev–Trinajstić information content (AvgIpc) is 3.34. The molecule has 27 heavy (non-hydrogen) atoms. The first kappa shape index (κ1) is 18.1. The summed E-state index contributed by atoms with van der Waals surface area (Å²) in [5.41, 5.74) is -0.872. The Morgan fingerprint density at radius 3 is 2.37 bits per heavy atom. The second-order valence-electron chi connectivity index (χ2n) is 7.13. The van der Waals surface area contributed by atoms with E-state index in [1.54, 1.807) is 6.33 Å². The molecular weight excluding hydrogens is 359 g/mol. The van der Waals surface area contributed by atoms with Gasteiger partial charge in [0.15, 0.2) is 0 Å². The zero-order valence-corrected chi connectivity index (χ0v) is 14.9.